The van der Waals surface area contributed by atoms with Gasteiger partial charge in [-0.3, -0.25) is 9.78 Å². The molecule has 0 bridgehead atoms. The Morgan fingerprint density at radius 1 is 1.48 bits per heavy atom. The number of aromatic nitrogens is 2. The van der Waals surface area contributed by atoms with Crippen LogP contribution in [0.3, 0.4) is 0 Å². The molecular weight excluding hydrogens is 268 g/mol. The molecule has 21 heavy (non-hydrogen) atoms. The highest BCUT2D eigenvalue weighted by molar-refractivity contribution is 5.96. The Balaban J connectivity index is 2.10. The first-order chi connectivity index (χ1) is 10.1. The van der Waals surface area contributed by atoms with Gasteiger partial charge in [-0.25, -0.2) is 4.98 Å². The second kappa shape index (κ2) is 6.68. The summed E-state index contributed by atoms with van der Waals surface area (Å²) in [5.74, 6) is 6.50. The minimum Gasteiger partial charge on any atom is -0.444 e. The molecule has 3 N–H and O–H groups in total. The maximum atomic E-state index is 12.2. The lowest BCUT2D eigenvalue weighted by Crippen LogP contribution is -2.24. The van der Waals surface area contributed by atoms with Gasteiger partial charge in [-0.15, -0.1) is 0 Å². The number of hydrogen-bond donors (Lipinski definition) is 2. The quantitative estimate of drug-likeness (QED) is 0.818. The summed E-state index contributed by atoms with van der Waals surface area (Å²) in [5, 5.41) is 2.75. The number of aryl methyl sites for hydroxylation is 2. The molecule has 2 aromatic rings. The van der Waals surface area contributed by atoms with Gasteiger partial charge in [0.25, 0.3) is 5.91 Å². The molecule has 2 heterocycles. The van der Waals surface area contributed by atoms with Crippen LogP contribution < -0.4 is 11.1 Å². The summed E-state index contributed by atoms with van der Waals surface area (Å²) < 4.78 is 5.41. The maximum Gasteiger partial charge on any atom is 0.253 e. The molecule has 2 aromatic heterocycles. The van der Waals surface area contributed by atoms with Crippen molar-refractivity contribution in [1.82, 2.24) is 15.3 Å². The van der Waals surface area contributed by atoms with Crippen molar-refractivity contribution < 1.29 is 9.21 Å². The summed E-state index contributed by atoms with van der Waals surface area (Å²) >= 11 is 0. The van der Waals surface area contributed by atoms with Crippen LogP contribution in [0.1, 0.15) is 33.3 Å². The van der Waals surface area contributed by atoms with E-state index in [1.54, 1.807) is 12.3 Å². The number of carbonyl (C=O) groups excluding carboxylic acids is 1. The van der Waals surface area contributed by atoms with E-state index in [4.69, 9.17) is 10.2 Å². The molecule has 6 nitrogen and oxygen atoms in total. The molecule has 0 unspecified atom stereocenters. The third-order valence-corrected chi connectivity index (χ3v) is 2.86. The molecule has 0 radical (unpaired) electrons. The number of amides is 1. The van der Waals surface area contributed by atoms with Gasteiger partial charge in [0.1, 0.15) is 5.76 Å². The largest absolute Gasteiger partial charge is 0.444 e. The standard InChI is InChI=1S/C15H16N4O2/c1-10-11(2)21-14(19-10)9-18-15(20)13-5-7-17-8-12(13)4-3-6-16/h5,7-8H,6,9,16H2,1-2H3,(H,18,20). The lowest BCUT2D eigenvalue weighted by molar-refractivity contribution is 0.0946. The lowest BCUT2D eigenvalue weighted by Gasteiger charge is -2.04. The summed E-state index contributed by atoms with van der Waals surface area (Å²) in [6, 6.07) is 1.61. The van der Waals surface area contributed by atoms with Crippen LogP contribution in [0.5, 0.6) is 0 Å². The van der Waals surface area contributed by atoms with Crippen molar-refractivity contribution in [2.75, 3.05) is 6.54 Å². The summed E-state index contributed by atoms with van der Waals surface area (Å²) in [6.07, 6.45) is 3.08. The van der Waals surface area contributed by atoms with Gasteiger partial charge >= 0.3 is 0 Å². The van der Waals surface area contributed by atoms with Crippen LogP contribution in [-0.4, -0.2) is 22.4 Å². The summed E-state index contributed by atoms with van der Waals surface area (Å²) in [6.45, 7) is 4.13. The normalized spacial score (nSPS) is 9.86. The van der Waals surface area contributed by atoms with Gasteiger partial charge in [-0.1, -0.05) is 11.8 Å². The first-order valence-corrected chi connectivity index (χ1v) is 6.46. The second-order valence-electron chi connectivity index (χ2n) is 4.36. The Kier molecular flexibility index (Phi) is 4.69. The number of carbonyl (C=O) groups is 1. The molecular formula is C15H16N4O2. The Hall–Kier alpha value is -2.65. The van der Waals surface area contributed by atoms with E-state index in [0.717, 1.165) is 11.5 Å². The number of nitrogens with two attached hydrogens (primary N) is 1. The van der Waals surface area contributed by atoms with Crippen LogP contribution in [-0.2, 0) is 6.54 Å². The fraction of sp³-hybridized carbons (Fsp3) is 0.267. The van der Waals surface area contributed by atoms with Gasteiger partial charge in [0.05, 0.1) is 29.9 Å². The highest BCUT2D eigenvalue weighted by Crippen LogP contribution is 2.09. The van der Waals surface area contributed by atoms with E-state index in [0.29, 0.717) is 17.0 Å². The maximum absolute atomic E-state index is 12.2. The number of oxazole rings is 1. The van der Waals surface area contributed by atoms with Crippen molar-refractivity contribution >= 4 is 5.91 Å². The van der Waals surface area contributed by atoms with Gasteiger partial charge < -0.3 is 15.5 Å². The number of nitrogens with zero attached hydrogens (tertiary/aromatic N) is 2. The van der Waals surface area contributed by atoms with Gasteiger partial charge in [-0.05, 0) is 19.9 Å². The Morgan fingerprint density at radius 3 is 2.95 bits per heavy atom. The van der Waals surface area contributed by atoms with E-state index in [2.05, 4.69) is 27.1 Å². The number of rotatable bonds is 3. The van der Waals surface area contributed by atoms with Crippen LogP contribution in [0.15, 0.2) is 22.9 Å². The van der Waals surface area contributed by atoms with Crippen LogP contribution in [0.25, 0.3) is 0 Å². The zero-order valence-electron chi connectivity index (χ0n) is 11.9. The monoisotopic (exact) mass is 284 g/mol. The van der Waals surface area contributed by atoms with Crippen LogP contribution >= 0.6 is 0 Å². The fourth-order valence-corrected chi connectivity index (χ4v) is 1.70. The smallest absolute Gasteiger partial charge is 0.253 e. The predicted molar refractivity (Wildman–Crippen MR) is 77.3 cm³/mol. The zero-order valence-corrected chi connectivity index (χ0v) is 11.9. The van der Waals surface area contributed by atoms with Crippen molar-refractivity contribution in [3.05, 3.63) is 46.9 Å². The van der Waals surface area contributed by atoms with Crippen molar-refractivity contribution in [2.45, 2.75) is 20.4 Å². The molecule has 0 saturated carbocycles. The van der Waals surface area contributed by atoms with E-state index in [9.17, 15) is 4.79 Å². The number of hydrogen-bond acceptors (Lipinski definition) is 5. The molecule has 0 atom stereocenters. The van der Waals surface area contributed by atoms with Crippen molar-refractivity contribution in [1.29, 1.82) is 0 Å². The molecule has 0 aliphatic heterocycles. The van der Waals surface area contributed by atoms with E-state index in [-0.39, 0.29) is 19.0 Å². The van der Waals surface area contributed by atoms with Crippen molar-refractivity contribution in [3.63, 3.8) is 0 Å². The molecule has 0 fully saturated rings. The first kappa shape index (κ1) is 14.8. The van der Waals surface area contributed by atoms with Crippen LogP contribution in [0, 0.1) is 25.7 Å². The van der Waals surface area contributed by atoms with Gasteiger partial charge in [0, 0.05) is 12.4 Å². The van der Waals surface area contributed by atoms with E-state index in [1.807, 2.05) is 13.8 Å². The zero-order chi connectivity index (χ0) is 15.2. The summed E-state index contributed by atoms with van der Waals surface area (Å²) in [5.41, 5.74) is 7.15. The second-order valence-corrected chi connectivity index (χ2v) is 4.36. The lowest BCUT2D eigenvalue weighted by atomic mass is 10.1. The van der Waals surface area contributed by atoms with Gasteiger partial charge in [0.15, 0.2) is 0 Å². The van der Waals surface area contributed by atoms with Crippen molar-refractivity contribution in [3.8, 4) is 11.8 Å². The summed E-state index contributed by atoms with van der Waals surface area (Å²) in [4.78, 5) is 20.4. The molecule has 0 aliphatic rings. The van der Waals surface area contributed by atoms with Crippen molar-refractivity contribution in [2.24, 2.45) is 5.73 Å². The van der Waals surface area contributed by atoms with Crippen LogP contribution in [0.4, 0.5) is 0 Å². The Labute approximate surface area is 122 Å². The third kappa shape index (κ3) is 3.68. The summed E-state index contributed by atoms with van der Waals surface area (Å²) in [7, 11) is 0. The predicted octanol–water partition coefficient (Wildman–Crippen LogP) is 0.927. The molecule has 0 saturated heterocycles. The minimum atomic E-state index is -0.257. The molecule has 108 valence electrons. The minimum absolute atomic E-state index is 0.222. The van der Waals surface area contributed by atoms with Crippen LogP contribution in [0.2, 0.25) is 0 Å². The van der Waals surface area contributed by atoms with Gasteiger partial charge in [-0.2, -0.15) is 0 Å². The SMILES string of the molecule is Cc1nc(CNC(=O)c2ccncc2C#CCN)oc1C. The Morgan fingerprint density at radius 2 is 2.29 bits per heavy atom. The average Bonchev–Trinajstić information content (AvgIpc) is 2.81. The molecule has 1 amide bonds. The van der Waals surface area contributed by atoms with Gasteiger partial charge in [0.2, 0.25) is 5.89 Å². The molecule has 2 rings (SSSR count). The third-order valence-electron chi connectivity index (χ3n) is 2.86. The highest BCUT2D eigenvalue weighted by atomic mass is 16.4. The topological polar surface area (TPSA) is 94.0 Å². The molecule has 0 spiro atoms. The van der Waals surface area contributed by atoms with E-state index >= 15 is 0 Å². The number of pyridine rings is 1. The first-order valence-electron chi connectivity index (χ1n) is 6.46. The van der Waals surface area contributed by atoms with E-state index < -0.39 is 0 Å². The molecule has 0 aliphatic carbocycles. The van der Waals surface area contributed by atoms with E-state index in [1.165, 1.54) is 6.20 Å². The highest BCUT2D eigenvalue weighted by Gasteiger charge is 2.12. The fourth-order valence-electron chi connectivity index (χ4n) is 1.70. The number of nitrogens with one attached hydrogen (secondary N) is 1. The molecule has 6 heteroatoms. The molecule has 0 aromatic carbocycles. The average molecular weight is 284 g/mol. The Bertz CT molecular complexity index is 690.